The summed E-state index contributed by atoms with van der Waals surface area (Å²) < 4.78 is 1.88. The summed E-state index contributed by atoms with van der Waals surface area (Å²) in [6.45, 7) is 6.48. The summed E-state index contributed by atoms with van der Waals surface area (Å²) in [6, 6.07) is 7.81. The lowest BCUT2D eigenvalue weighted by Gasteiger charge is -2.23. The molecule has 0 N–H and O–H groups in total. The van der Waals surface area contributed by atoms with Crippen LogP contribution in [0.15, 0.2) is 36.7 Å². The zero-order valence-corrected chi connectivity index (χ0v) is 15.2. The third kappa shape index (κ3) is 3.76. The molecule has 2 amide bonds. The van der Waals surface area contributed by atoms with Gasteiger partial charge < -0.3 is 14.4 Å². The van der Waals surface area contributed by atoms with Gasteiger partial charge in [-0.3, -0.25) is 9.59 Å². The average molecular weight is 339 g/mol. The number of amides is 2. The maximum atomic E-state index is 12.9. The van der Waals surface area contributed by atoms with Crippen molar-refractivity contribution in [2.24, 2.45) is 7.05 Å². The van der Waals surface area contributed by atoms with Gasteiger partial charge in [0.05, 0.1) is 5.56 Å². The minimum Gasteiger partial charge on any atom is -0.356 e. The molecule has 1 aromatic carbocycles. The van der Waals surface area contributed by atoms with Crippen LogP contribution in [0.2, 0.25) is 0 Å². The highest BCUT2D eigenvalue weighted by Crippen LogP contribution is 2.16. The first-order chi connectivity index (χ1) is 12.0. The highest BCUT2D eigenvalue weighted by molar-refractivity contribution is 5.96. The number of rotatable bonds is 2. The van der Waals surface area contributed by atoms with Crippen molar-refractivity contribution >= 4 is 11.8 Å². The first kappa shape index (κ1) is 17.3. The molecule has 5 heteroatoms. The van der Waals surface area contributed by atoms with Gasteiger partial charge in [0.2, 0.25) is 0 Å². The van der Waals surface area contributed by atoms with E-state index in [9.17, 15) is 9.59 Å². The molecule has 0 spiro atoms. The number of nitrogens with zero attached hydrogens (tertiary/aromatic N) is 3. The smallest absolute Gasteiger partial charge is 0.255 e. The van der Waals surface area contributed by atoms with Crippen LogP contribution in [0.3, 0.4) is 0 Å². The van der Waals surface area contributed by atoms with Crippen LogP contribution in [0.1, 0.15) is 38.3 Å². The van der Waals surface area contributed by atoms with Gasteiger partial charge in [-0.25, -0.2) is 0 Å². The molecule has 132 valence electrons. The molecule has 0 radical (unpaired) electrons. The van der Waals surface area contributed by atoms with E-state index < -0.39 is 0 Å². The molecule has 0 aliphatic carbocycles. The van der Waals surface area contributed by atoms with Crippen LogP contribution in [0, 0.1) is 13.8 Å². The number of aryl methyl sites for hydroxylation is 3. The quantitative estimate of drug-likeness (QED) is 0.844. The summed E-state index contributed by atoms with van der Waals surface area (Å²) in [5, 5.41) is 0. The van der Waals surface area contributed by atoms with Crippen LogP contribution in [0.25, 0.3) is 0 Å². The Kier molecular flexibility index (Phi) is 4.93. The van der Waals surface area contributed by atoms with Crippen molar-refractivity contribution in [2.75, 3.05) is 26.2 Å². The lowest BCUT2D eigenvalue weighted by molar-refractivity contribution is 0.0718. The van der Waals surface area contributed by atoms with E-state index in [1.165, 1.54) is 0 Å². The van der Waals surface area contributed by atoms with E-state index in [0.29, 0.717) is 31.7 Å². The largest absolute Gasteiger partial charge is 0.356 e. The van der Waals surface area contributed by atoms with Crippen molar-refractivity contribution in [2.45, 2.75) is 20.3 Å². The van der Waals surface area contributed by atoms with E-state index in [2.05, 4.69) is 0 Å². The fourth-order valence-corrected chi connectivity index (χ4v) is 3.27. The molecule has 0 unspecified atom stereocenters. The lowest BCUT2D eigenvalue weighted by atomic mass is 10.0. The highest BCUT2D eigenvalue weighted by Gasteiger charge is 2.24. The lowest BCUT2D eigenvalue weighted by Crippen LogP contribution is -2.37. The van der Waals surface area contributed by atoms with Gasteiger partial charge in [-0.1, -0.05) is 17.7 Å². The normalized spacial score (nSPS) is 15.2. The van der Waals surface area contributed by atoms with Crippen molar-refractivity contribution in [1.29, 1.82) is 0 Å². The van der Waals surface area contributed by atoms with Gasteiger partial charge in [-0.15, -0.1) is 0 Å². The van der Waals surface area contributed by atoms with Crippen LogP contribution in [0.5, 0.6) is 0 Å². The van der Waals surface area contributed by atoms with Crippen molar-refractivity contribution in [3.05, 3.63) is 58.9 Å². The average Bonchev–Trinajstić information content (AvgIpc) is 2.88. The predicted molar refractivity (Wildman–Crippen MR) is 97.8 cm³/mol. The van der Waals surface area contributed by atoms with Crippen molar-refractivity contribution in [3.63, 3.8) is 0 Å². The number of carbonyl (C=O) groups excluding carboxylic acids is 2. The Morgan fingerprint density at radius 2 is 1.60 bits per heavy atom. The second-order valence-electron chi connectivity index (χ2n) is 6.82. The minimum atomic E-state index is 0.0432. The second kappa shape index (κ2) is 7.13. The number of carbonyl (C=O) groups is 2. The molecule has 2 heterocycles. The van der Waals surface area contributed by atoms with Gasteiger partial charge in [-0.05, 0) is 38.0 Å². The van der Waals surface area contributed by atoms with Gasteiger partial charge in [-0.2, -0.15) is 0 Å². The fraction of sp³-hybridized carbons (Fsp3) is 0.400. The molecule has 0 atom stereocenters. The molecule has 1 aromatic heterocycles. The Morgan fingerprint density at radius 1 is 0.920 bits per heavy atom. The SMILES string of the molecule is Cc1ccc(C)c(C(=O)N2CCCN(C(=O)c3ccn(C)c3)CC2)c1. The molecule has 0 saturated carbocycles. The highest BCUT2D eigenvalue weighted by atomic mass is 16.2. The molecular formula is C20H25N3O2. The first-order valence-corrected chi connectivity index (χ1v) is 8.73. The van der Waals surface area contributed by atoms with Crippen LogP contribution in [-0.2, 0) is 7.05 Å². The van der Waals surface area contributed by atoms with Crippen LogP contribution >= 0.6 is 0 Å². The van der Waals surface area contributed by atoms with Gasteiger partial charge in [0.1, 0.15) is 0 Å². The predicted octanol–water partition coefficient (Wildman–Crippen LogP) is 2.63. The molecule has 3 rings (SSSR count). The summed E-state index contributed by atoms with van der Waals surface area (Å²) >= 11 is 0. The van der Waals surface area contributed by atoms with Crippen molar-refractivity contribution < 1.29 is 9.59 Å². The molecule has 1 fully saturated rings. The number of hydrogen-bond donors (Lipinski definition) is 0. The standard InChI is InChI=1S/C20H25N3O2/c1-15-5-6-16(2)18(13-15)20(25)23-9-4-8-22(11-12-23)19(24)17-7-10-21(3)14-17/h5-7,10,13-14H,4,8-9,11-12H2,1-3H3. The van der Waals surface area contributed by atoms with Crippen molar-refractivity contribution in [3.8, 4) is 0 Å². The maximum Gasteiger partial charge on any atom is 0.255 e. The van der Waals surface area contributed by atoms with E-state index in [-0.39, 0.29) is 11.8 Å². The minimum absolute atomic E-state index is 0.0432. The fourth-order valence-electron chi connectivity index (χ4n) is 3.27. The summed E-state index contributed by atoms with van der Waals surface area (Å²) in [6.07, 6.45) is 4.52. The Labute approximate surface area is 148 Å². The molecule has 0 bridgehead atoms. The number of hydrogen-bond acceptors (Lipinski definition) is 2. The number of aromatic nitrogens is 1. The van der Waals surface area contributed by atoms with Gasteiger partial charge in [0.15, 0.2) is 0 Å². The Hall–Kier alpha value is -2.56. The van der Waals surface area contributed by atoms with Crippen LogP contribution in [0.4, 0.5) is 0 Å². The van der Waals surface area contributed by atoms with E-state index in [1.807, 2.05) is 71.9 Å². The molecule has 2 aromatic rings. The summed E-state index contributed by atoms with van der Waals surface area (Å²) in [5.41, 5.74) is 3.56. The summed E-state index contributed by atoms with van der Waals surface area (Å²) in [4.78, 5) is 29.2. The molecule has 25 heavy (non-hydrogen) atoms. The zero-order chi connectivity index (χ0) is 18.0. The first-order valence-electron chi connectivity index (χ1n) is 8.73. The van der Waals surface area contributed by atoms with E-state index >= 15 is 0 Å². The summed E-state index contributed by atoms with van der Waals surface area (Å²) in [7, 11) is 1.91. The van der Waals surface area contributed by atoms with E-state index in [1.54, 1.807) is 0 Å². The topological polar surface area (TPSA) is 45.6 Å². The Balaban J connectivity index is 1.70. The van der Waals surface area contributed by atoms with Gasteiger partial charge in [0.25, 0.3) is 11.8 Å². The third-order valence-corrected chi connectivity index (χ3v) is 4.77. The zero-order valence-electron chi connectivity index (χ0n) is 15.2. The van der Waals surface area contributed by atoms with E-state index in [4.69, 9.17) is 0 Å². The maximum absolute atomic E-state index is 12.9. The van der Waals surface area contributed by atoms with Crippen molar-refractivity contribution in [1.82, 2.24) is 14.4 Å². The Bertz CT molecular complexity index is 794. The van der Waals surface area contributed by atoms with Crippen LogP contribution in [-0.4, -0.2) is 52.4 Å². The summed E-state index contributed by atoms with van der Waals surface area (Å²) in [5.74, 6) is 0.108. The van der Waals surface area contributed by atoms with Gasteiger partial charge in [0, 0.05) is 51.2 Å². The van der Waals surface area contributed by atoms with Crippen LogP contribution < -0.4 is 0 Å². The molecule has 1 aliphatic heterocycles. The van der Waals surface area contributed by atoms with Gasteiger partial charge >= 0.3 is 0 Å². The van der Waals surface area contributed by atoms with E-state index in [0.717, 1.165) is 23.1 Å². The monoisotopic (exact) mass is 339 g/mol. The number of benzene rings is 1. The molecular weight excluding hydrogens is 314 g/mol. The second-order valence-corrected chi connectivity index (χ2v) is 6.82. The Morgan fingerprint density at radius 3 is 2.24 bits per heavy atom. The molecule has 5 nitrogen and oxygen atoms in total. The third-order valence-electron chi connectivity index (χ3n) is 4.77. The molecule has 1 aliphatic rings. The molecule has 1 saturated heterocycles.